The third kappa shape index (κ3) is 12.7. The van der Waals surface area contributed by atoms with Crippen molar-refractivity contribution in [2.75, 3.05) is 14.2 Å². The second-order valence-electron chi connectivity index (χ2n) is 6.97. The predicted molar refractivity (Wildman–Crippen MR) is 102 cm³/mol. The van der Waals surface area contributed by atoms with Gasteiger partial charge in [0.05, 0.1) is 0 Å². The summed E-state index contributed by atoms with van der Waals surface area (Å²) in [6.07, 6.45) is 20.3. The molecule has 0 N–H and O–H groups in total. The monoisotopic (exact) mass is 326 g/mol. The van der Waals surface area contributed by atoms with Crippen LogP contribution < -0.4 is 0 Å². The van der Waals surface area contributed by atoms with E-state index in [1.54, 1.807) is 14.2 Å². The topological polar surface area (TPSA) is 18.5 Å². The lowest BCUT2D eigenvalue weighted by molar-refractivity contribution is -0.197. The van der Waals surface area contributed by atoms with Crippen LogP contribution in [0.25, 0.3) is 0 Å². The number of hydrogen-bond donors (Lipinski definition) is 0. The molecular formula is C21H42O2. The van der Waals surface area contributed by atoms with Crippen LogP contribution in [0.15, 0.2) is 12.2 Å². The van der Waals surface area contributed by atoms with E-state index in [1.165, 1.54) is 70.6 Å². The maximum Gasteiger partial charge on any atom is 0.164 e. The van der Waals surface area contributed by atoms with Crippen LogP contribution in [0, 0.1) is 5.92 Å². The Morgan fingerprint density at radius 3 is 2.13 bits per heavy atom. The van der Waals surface area contributed by atoms with Crippen LogP contribution in [-0.4, -0.2) is 20.0 Å². The summed E-state index contributed by atoms with van der Waals surface area (Å²) in [4.78, 5) is 0. The fourth-order valence-electron chi connectivity index (χ4n) is 3.00. The van der Waals surface area contributed by atoms with Crippen LogP contribution in [0.3, 0.4) is 0 Å². The molecule has 0 aromatic carbocycles. The summed E-state index contributed by atoms with van der Waals surface area (Å²) in [5.41, 5.74) is 0. The summed E-state index contributed by atoms with van der Waals surface area (Å²) in [5.74, 6) is 0.378. The maximum atomic E-state index is 5.41. The van der Waals surface area contributed by atoms with Gasteiger partial charge in [-0.3, -0.25) is 0 Å². The van der Waals surface area contributed by atoms with Gasteiger partial charge in [0.25, 0.3) is 0 Å². The van der Waals surface area contributed by atoms with Crippen LogP contribution >= 0.6 is 0 Å². The molecule has 1 unspecified atom stereocenters. The predicted octanol–water partition coefficient (Wildman–Crippen LogP) is 6.89. The van der Waals surface area contributed by atoms with E-state index in [4.69, 9.17) is 9.47 Å². The van der Waals surface area contributed by atoms with Crippen LogP contribution in [0.5, 0.6) is 0 Å². The summed E-state index contributed by atoms with van der Waals surface area (Å²) in [7, 11) is 3.46. The highest BCUT2D eigenvalue weighted by Crippen LogP contribution is 2.22. The van der Waals surface area contributed by atoms with Crippen molar-refractivity contribution in [3.8, 4) is 0 Å². The summed E-state index contributed by atoms with van der Waals surface area (Å²) >= 11 is 0. The second-order valence-corrected chi connectivity index (χ2v) is 6.97. The Balaban J connectivity index is 3.85. The van der Waals surface area contributed by atoms with E-state index >= 15 is 0 Å². The fraction of sp³-hybridized carbons (Fsp3) is 0.905. The highest BCUT2D eigenvalue weighted by atomic mass is 16.7. The molecule has 0 radical (unpaired) electrons. The van der Waals surface area contributed by atoms with E-state index in [9.17, 15) is 0 Å². The number of ether oxygens (including phenoxy) is 2. The highest BCUT2D eigenvalue weighted by molar-refractivity contribution is 4.88. The van der Waals surface area contributed by atoms with E-state index in [2.05, 4.69) is 26.0 Å². The second kappa shape index (κ2) is 15.2. The Morgan fingerprint density at radius 2 is 1.52 bits per heavy atom. The van der Waals surface area contributed by atoms with Gasteiger partial charge in [-0.05, 0) is 44.9 Å². The Bertz CT molecular complexity index is 269. The van der Waals surface area contributed by atoms with E-state index in [1.807, 2.05) is 6.92 Å². The number of allylic oxidation sites excluding steroid dienone is 2. The molecule has 2 heteroatoms. The molecule has 0 spiro atoms. The molecule has 0 heterocycles. The highest BCUT2D eigenvalue weighted by Gasteiger charge is 2.21. The molecule has 1 atom stereocenters. The molecule has 0 saturated carbocycles. The maximum absolute atomic E-state index is 5.41. The largest absolute Gasteiger partial charge is 0.353 e. The first-order valence-corrected chi connectivity index (χ1v) is 9.88. The lowest BCUT2D eigenvalue weighted by Crippen LogP contribution is -2.29. The zero-order chi connectivity index (χ0) is 17.4. The summed E-state index contributed by atoms with van der Waals surface area (Å²) in [6.45, 7) is 6.59. The SMILES string of the molecule is CCCCCCC=CC(CCC)CCCCCC(C)(OC)OC. The summed E-state index contributed by atoms with van der Waals surface area (Å²) in [6, 6.07) is 0. The molecule has 0 fully saturated rings. The van der Waals surface area contributed by atoms with Gasteiger partial charge < -0.3 is 9.47 Å². The van der Waals surface area contributed by atoms with Gasteiger partial charge in [-0.1, -0.05) is 64.5 Å². The molecule has 2 nitrogen and oxygen atoms in total. The minimum absolute atomic E-state index is 0.402. The summed E-state index contributed by atoms with van der Waals surface area (Å²) < 4.78 is 10.8. The van der Waals surface area contributed by atoms with Crippen molar-refractivity contribution in [2.45, 2.75) is 104 Å². The number of rotatable bonds is 16. The lowest BCUT2D eigenvalue weighted by Gasteiger charge is -2.26. The van der Waals surface area contributed by atoms with Crippen molar-refractivity contribution in [2.24, 2.45) is 5.92 Å². The first-order valence-electron chi connectivity index (χ1n) is 9.88. The molecule has 0 aliphatic rings. The van der Waals surface area contributed by atoms with Crippen molar-refractivity contribution in [3.63, 3.8) is 0 Å². The smallest absolute Gasteiger partial charge is 0.164 e. The zero-order valence-electron chi connectivity index (χ0n) is 16.5. The molecule has 0 aliphatic heterocycles. The average molecular weight is 327 g/mol. The molecule has 138 valence electrons. The number of unbranched alkanes of at least 4 members (excludes halogenated alkanes) is 6. The van der Waals surface area contributed by atoms with Gasteiger partial charge in [0.1, 0.15) is 0 Å². The van der Waals surface area contributed by atoms with Crippen molar-refractivity contribution in [1.82, 2.24) is 0 Å². The van der Waals surface area contributed by atoms with Crippen LogP contribution in [0.2, 0.25) is 0 Å². The zero-order valence-corrected chi connectivity index (χ0v) is 16.5. The Morgan fingerprint density at radius 1 is 0.826 bits per heavy atom. The van der Waals surface area contributed by atoms with Crippen LogP contribution in [0.4, 0.5) is 0 Å². The minimum Gasteiger partial charge on any atom is -0.353 e. The summed E-state index contributed by atoms with van der Waals surface area (Å²) in [5, 5.41) is 0. The van der Waals surface area contributed by atoms with Gasteiger partial charge in [-0.2, -0.15) is 0 Å². The van der Waals surface area contributed by atoms with Gasteiger partial charge in [-0.25, -0.2) is 0 Å². The third-order valence-corrected chi connectivity index (χ3v) is 4.86. The van der Waals surface area contributed by atoms with Crippen molar-refractivity contribution >= 4 is 0 Å². The first-order chi connectivity index (χ1) is 11.1. The van der Waals surface area contributed by atoms with Gasteiger partial charge in [0, 0.05) is 20.6 Å². The molecule has 23 heavy (non-hydrogen) atoms. The average Bonchev–Trinajstić information content (AvgIpc) is 2.57. The van der Waals surface area contributed by atoms with Gasteiger partial charge in [0.15, 0.2) is 5.79 Å². The van der Waals surface area contributed by atoms with Crippen LogP contribution in [0.1, 0.15) is 97.8 Å². The quantitative estimate of drug-likeness (QED) is 0.175. The number of hydrogen-bond acceptors (Lipinski definition) is 2. The van der Waals surface area contributed by atoms with Crippen molar-refractivity contribution in [3.05, 3.63) is 12.2 Å². The minimum atomic E-state index is -0.402. The molecule has 0 bridgehead atoms. The van der Waals surface area contributed by atoms with E-state index in [-0.39, 0.29) is 0 Å². The van der Waals surface area contributed by atoms with Gasteiger partial charge >= 0.3 is 0 Å². The fourth-order valence-corrected chi connectivity index (χ4v) is 3.00. The molecule has 0 aliphatic carbocycles. The molecule has 0 rings (SSSR count). The Labute approximate surface area is 146 Å². The molecule has 0 saturated heterocycles. The van der Waals surface area contributed by atoms with E-state index in [0.29, 0.717) is 0 Å². The van der Waals surface area contributed by atoms with Gasteiger partial charge in [0.2, 0.25) is 0 Å². The van der Waals surface area contributed by atoms with Gasteiger partial charge in [-0.15, -0.1) is 0 Å². The van der Waals surface area contributed by atoms with Crippen LogP contribution in [-0.2, 0) is 9.47 Å². The van der Waals surface area contributed by atoms with Crippen molar-refractivity contribution in [1.29, 1.82) is 0 Å². The standard InChI is InChI=1S/C21H42O2/c1-6-8-9-10-11-13-17-20(16-7-2)18-14-12-15-19-21(3,22-4)23-5/h13,17,20H,6-12,14-16,18-19H2,1-5H3. The molecular weight excluding hydrogens is 284 g/mol. The first kappa shape index (κ1) is 22.7. The molecule has 0 amide bonds. The number of methoxy groups -OCH3 is 2. The Hall–Kier alpha value is -0.340. The van der Waals surface area contributed by atoms with Crippen molar-refractivity contribution < 1.29 is 9.47 Å². The third-order valence-electron chi connectivity index (χ3n) is 4.86. The van der Waals surface area contributed by atoms with E-state index in [0.717, 1.165) is 12.3 Å². The molecule has 0 aromatic rings. The lowest BCUT2D eigenvalue weighted by atomic mass is 9.95. The molecule has 0 aromatic heterocycles. The Kier molecular flexibility index (Phi) is 15.0. The van der Waals surface area contributed by atoms with E-state index < -0.39 is 5.79 Å². The normalized spacial score (nSPS) is 13.8.